The molecule has 2 aromatic carbocycles. The lowest BCUT2D eigenvalue weighted by molar-refractivity contribution is -0.130. The van der Waals surface area contributed by atoms with Crippen LogP contribution in [-0.2, 0) is 16.0 Å². The Hall–Kier alpha value is -4.33. The van der Waals surface area contributed by atoms with Crippen molar-refractivity contribution in [1.82, 2.24) is 14.8 Å². The number of barbiturate groups is 1. The van der Waals surface area contributed by atoms with E-state index in [4.69, 9.17) is 9.47 Å². The number of benzene rings is 2. The highest BCUT2D eigenvalue weighted by molar-refractivity contribution is 6.31. The van der Waals surface area contributed by atoms with Crippen molar-refractivity contribution >= 4 is 23.9 Å². The number of rotatable bonds is 7. The van der Waals surface area contributed by atoms with E-state index in [0.717, 1.165) is 38.7 Å². The summed E-state index contributed by atoms with van der Waals surface area (Å²) in [6.07, 6.45) is 1.95. The van der Waals surface area contributed by atoms with Crippen molar-refractivity contribution in [3.8, 4) is 17.2 Å². The van der Waals surface area contributed by atoms with Gasteiger partial charge in [-0.3, -0.25) is 19.8 Å². The molecule has 186 valence electrons. The molecule has 0 bridgehead atoms. The number of urea groups is 1. The molecule has 3 aromatic rings. The Labute approximate surface area is 210 Å². The number of methoxy groups -OCH3 is 2. The van der Waals surface area contributed by atoms with Gasteiger partial charge >= 0.3 is 6.03 Å². The Morgan fingerprint density at radius 2 is 1.58 bits per heavy atom. The zero-order valence-electron chi connectivity index (χ0n) is 21.0. The molecule has 0 spiro atoms. The van der Waals surface area contributed by atoms with Gasteiger partial charge < -0.3 is 14.0 Å². The Kier molecular flexibility index (Phi) is 6.96. The van der Waals surface area contributed by atoms with E-state index in [2.05, 4.69) is 9.88 Å². The summed E-state index contributed by atoms with van der Waals surface area (Å²) in [7, 11) is 3.10. The third kappa shape index (κ3) is 4.75. The van der Waals surface area contributed by atoms with Crippen molar-refractivity contribution in [2.45, 2.75) is 27.2 Å². The fourth-order valence-corrected chi connectivity index (χ4v) is 4.35. The van der Waals surface area contributed by atoms with Crippen molar-refractivity contribution in [2.24, 2.45) is 0 Å². The number of aryl methyl sites for hydroxylation is 2. The van der Waals surface area contributed by atoms with E-state index in [1.807, 2.05) is 57.2 Å². The molecule has 0 radical (unpaired) electrons. The molecule has 8 heteroatoms. The predicted octanol–water partition coefficient (Wildman–Crippen LogP) is 4.12. The summed E-state index contributed by atoms with van der Waals surface area (Å²) < 4.78 is 12.6. The van der Waals surface area contributed by atoms with E-state index in [9.17, 15) is 14.4 Å². The Morgan fingerprint density at radius 1 is 0.889 bits per heavy atom. The van der Waals surface area contributed by atoms with Crippen LogP contribution in [0.25, 0.3) is 11.8 Å². The fraction of sp³-hybridized carbons (Fsp3) is 0.250. The molecule has 8 nitrogen and oxygen atoms in total. The minimum absolute atomic E-state index is 0.0777. The van der Waals surface area contributed by atoms with Gasteiger partial charge in [-0.15, -0.1) is 0 Å². The van der Waals surface area contributed by atoms with Crippen molar-refractivity contribution in [3.63, 3.8) is 0 Å². The number of amides is 4. The van der Waals surface area contributed by atoms with Crippen LogP contribution in [0.15, 0.2) is 54.1 Å². The summed E-state index contributed by atoms with van der Waals surface area (Å²) in [5.41, 5.74) is 5.52. The van der Waals surface area contributed by atoms with Crippen LogP contribution in [0.5, 0.6) is 11.5 Å². The van der Waals surface area contributed by atoms with Gasteiger partial charge in [-0.1, -0.05) is 23.8 Å². The first kappa shape index (κ1) is 24.8. The lowest BCUT2D eigenvalue weighted by Gasteiger charge is -2.26. The standard InChI is InChI=1S/C28H29N3O5/c1-17-6-9-22(10-7-17)31-18(2)14-21(19(31)3)16-23-26(32)29-28(34)30(27(23)33)13-12-20-8-11-24(35-4)25(15-20)36-5/h6-11,14-16H,12-13H2,1-5H3,(H,29,32,34)/b23-16-. The number of ether oxygens (including phenoxy) is 2. The number of imide groups is 2. The molecule has 2 heterocycles. The van der Waals surface area contributed by atoms with Gasteiger partial charge in [0.25, 0.3) is 11.8 Å². The van der Waals surface area contributed by atoms with Gasteiger partial charge in [0.1, 0.15) is 5.57 Å². The molecular formula is C28H29N3O5. The van der Waals surface area contributed by atoms with Crippen molar-refractivity contribution in [3.05, 3.63) is 82.2 Å². The lowest BCUT2D eigenvalue weighted by Crippen LogP contribution is -2.54. The lowest BCUT2D eigenvalue weighted by atomic mass is 10.1. The molecule has 1 N–H and O–H groups in total. The Bertz CT molecular complexity index is 1370. The first-order valence-corrected chi connectivity index (χ1v) is 11.6. The van der Waals surface area contributed by atoms with Crippen LogP contribution < -0.4 is 14.8 Å². The number of hydrogen-bond donors (Lipinski definition) is 1. The number of carbonyl (C=O) groups excluding carboxylic acids is 3. The smallest absolute Gasteiger partial charge is 0.331 e. The average Bonchev–Trinajstić information content (AvgIpc) is 3.14. The van der Waals surface area contributed by atoms with Gasteiger partial charge in [0.05, 0.1) is 14.2 Å². The molecule has 36 heavy (non-hydrogen) atoms. The highest BCUT2D eigenvalue weighted by Crippen LogP contribution is 2.28. The maximum Gasteiger partial charge on any atom is 0.331 e. The zero-order valence-corrected chi connectivity index (χ0v) is 21.0. The van der Waals surface area contributed by atoms with Crippen molar-refractivity contribution < 1.29 is 23.9 Å². The number of nitrogens with one attached hydrogen (secondary N) is 1. The van der Waals surface area contributed by atoms with Crippen LogP contribution in [0.2, 0.25) is 0 Å². The average molecular weight is 488 g/mol. The second-order valence-electron chi connectivity index (χ2n) is 8.71. The quantitative estimate of drug-likeness (QED) is 0.400. The van der Waals surface area contributed by atoms with E-state index in [0.29, 0.717) is 17.9 Å². The molecule has 0 aliphatic carbocycles. The monoisotopic (exact) mass is 487 g/mol. The van der Waals surface area contributed by atoms with Gasteiger partial charge in [-0.05, 0) is 74.7 Å². The minimum Gasteiger partial charge on any atom is -0.493 e. The maximum absolute atomic E-state index is 13.2. The van der Waals surface area contributed by atoms with Gasteiger partial charge in [0.15, 0.2) is 11.5 Å². The summed E-state index contributed by atoms with van der Waals surface area (Å²) in [5.74, 6) is -0.173. The van der Waals surface area contributed by atoms with Gasteiger partial charge in [-0.2, -0.15) is 0 Å². The first-order valence-electron chi connectivity index (χ1n) is 11.6. The molecule has 4 rings (SSSR count). The molecule has 0 saturated carbocycles. The van der Waals surface area contributed by atoms with Crippen LogP contribution in [0.4, 0.5) is 4.79 Å². The summed E-state index contributed by atoms with van der Waals surface area (Å²) in [5, 5.41) is 2.29. The van der Waals surface area contributed by atoms with E-state index >= 15 is 0 Å². The Balaban J connectivity index is 1.59. The third-order valence-electron chi connectivity index (χ3n) is 6.32. The van der Waals surface area contributed by atoms with Gasteiger partial charge in [0, 0.05) is 23.6 Å². The predicted molar refractivity (Wildman–Crippen MR) is 136 cm³/mol. The summed E-state index contributed by atoms with van der Waals surface area (Å²) in [4.78, 5) is 39.4. The maximum atomic E-state index is 13.2. The van der Waals surface area contributed by atoms with Gasteiger partial charge in [-0.25, -0.2) is 4.79 Å². The van der Waals surface area contributed by atoms with Crippen molar-refractivity contribution in [2.75, 3.05) is 20.8 Å². The topological polar surface area (TPSA) is 89.9 Å². The van der Waals surface area contributed by atoms with Crippen LogP contribution in [-0.4, -0.2) is 48.1 Å². The second kappa shape index (κ2) is 10.1. The van der Waals surface area contributed by atoms with E-state index in [1.54, 1.807) is 32.4 Å². The highest BCUT2D eigenvalue weighted by atomic mass is 16.5. The van der Waals surface area contributed by atoms with Crippen LogP contribution in [0.3, 0.4) is 0 Å². The van der Waals surface area contributed by atoms with E-state index in [1.165, 1.54) is 0 Å². The van der Waals surface area contributed by atoms with Crippen molar-refractivity contribution in [1.29, 1.82) is 0 Å². The molecule has 1 aliphatic rings. The molecule has 0 atom stereocenters. The normalized spacial score (nSPS) is 14.9. The van der Waals surface area contributed by atoms with E-state index < -0.39 is 17.8 Å². The SMILES string of the molecule is COc1ccc(CCN2C(=O)NC(=O)/C(=C/c3cc(C)n(-c4ccc(C)cc4)c3C)C2=O)cc1OC. The molecule has 4 amide bonds. The third-order valence-corrected chi connectivity index (χ3v) is 6.32. The van der Waals surface area contributed by atoms with Crippen LogP contribution in [0, 0.1) is 20.8 Å². The molecule has 0 unspecified atom stereocenters. The fourth-order valence-electron chi connectivity index (χ4n) is 4.35. The summed E-state index contributed by atoms with van der Waals surface area (Å²) in [6, 6.07) is 14.7. The molecule has 1 aromatic heterocycles. The minimum atomic E-state index is -0.729. The van der Waals surface area contributed by atoms with Crippen LogP contribution >= 0.6 is 0 Å². The van der Waals surface area contributed by atoms with E-state index in [-0.39, 0.29) is 12.1 Å². The Morgan fingerprint density at radius 3 is 2.25 bits per heavy atom. The second-order valence-corrected chi connectivity index (χ2v) is 8.71. The number of hydrogen-bond acceptors (Lipinski definition) is 5. The first-order chi connectivity index (χ1) is 17.2. The number of carbonyl (C=O) groups is 3. The molecular weight excluding hydrogens is 458 g/mol. The summed E-state index contributed by atoms with van der Waals surface area (Å²) >= 11 is 0. The highest BCUT2D eigenvalue weighted by Gasteiger charge is 2.35. The number of nitrogens with zero attached hydrogens (tertiary/aromatic N) is 2. The molecule has 1 fully saturated rings. The zero-order chi connectivity index (χ0) is 26.0. The molecule has 1 aliphatic heterocycles. The number of aromatic nitrogens is 1. The largest absolute Gasteiger partial charge is 0.493 e. The van der Waals surface area contributed by atoms with Gasteiger partial charge in [0.2, 0.25) is 0 Å². The molecule has 1 saturated heterocycles. The van der Waals surface area contributed by atoms with Crippen LogP contribution in [0.1, 0.15) is 28.1 Å². The summed E-state index contributed by atoms with van der Waals surface area (Å²) in [6.45, 7) is 6.04.